The Hall–Kier alpha value is -2.65. The second kappa shape index (κ2) is 7.49. The van der Waals surface area contributed by atoms with Crippen molar-refractivity contribution in [3.05, 3.63) is 56.8 Å². The number of thiophene rings is 1. The van der Waals surface area contributed by atoms with E-state index in [2.05, 4.69) is 17.8 Å². The molecule has 128 valence electrons. The zero-order valence-electron chi connectivity index (χ0n) is 14.0. The predicted octanol–water partition coefficient (Wildman–Crippen LogP) is 3.21. The number of nitriles is 1. The standard InChI is InChI=1S/C19H19N3O2S/c1-2-12-5-8-16-15(9-12)10-17(25-16)19(24)22-21-18(23)14-6-3-13(11-20)4-7-14/h3-4,6-7,10,12H,2,5,8-9H2,1H3,(H,21,23)(H,22,24)/t12-/m1/s1. The highest BCUT2D eigenvalue weighted by molar-refractivity contribution is 7.14. The highest BCUT2D eigenvalue weighted by atomic mass is 32.1. The third-order valence-corrected chi connectivity index (χ3v) is 5.79. The van der Waals surface area contributed by atoms with E-state index in [1.165, 1.54) is 28.2 Å². The van der Waals surface area contributed by atoms with E-state index in [9.17, 15) is 9.59 Å². The average Bonchev–Trinajstić information content (AvgIpc) is 3.09. The third kappa shape index (κ3) is 3.89. The number of carbonyl (C=O) groups is 2. The van der Waals surface area contributed by atoms with Crippen LogP contribution in [0.4, 0.5) is 0 Å². The van der Waals surface area contributed by atoms with Gasteiger partial charge >= 0.3 is 0 Å². The van der Waals surface area contributed by atoms with Gasteiger partial charge in [0.25, 0.3) is 11.8 Å². The number of nitrogens with zero attached hydrogens (tertiary/aromatic N) is 1. The monoisotopic (exact) mass is 353 g/mol. The quantitative estimate of drug-likeness (QED) is 0.831. The van der Waals surface area contributed by atoms with Crippen LogP contribution in [0.1, 0.15) is 55.8 Å². The number of rotatable bonds is 3. The van der Waals surface area contributed by atoms with Gasteiger partial charge in [0.15, 0.2) is 0 Å². The van der Waals surface area contributed by atoms with E-state index in [-0.39, 0.29) is 5.91 Å². The summed E-state index contributed by atoms with van der Waals surface area (Å²) in [6, 6.07) is 10.2. The molecule has 1 atom stereocenters. The minimum atomic E-state index is -0.412. The molecule has 5 nitrogen and oxygen atoms in total. The maximum Gasteiger partial charge on any atom is 0.279 e. The molecule has 1 heterocycles. The van der Waals surface area contributed by atoms with E-state index in [0.29, 0.717) is 21.9 Å². The van der Waals surface area contributed by atoms with Gasteiger partial charge in [-0.05, 0) is 61.1 Å². The van der Waals surface area contributed by atoms with Crippen molar-refractivity contribution in [2.45, 2.75) is 32.6 Å². The fourth-order valence-corrected chi connectivity index (χ4v) is 4.11. The van der Waals surface area contributed by atoms with Gasteiger partial charge in [-0.1, -0.05) is 13.3 Å². The van der Waals surface area contributed by atoms with Crippen molar-refractivity contribution in [2.24, 2.45) is 5.92 Å². The van der Waals surface area contributed by atoms with Gasteiger partial charge in [0.2, 0.25) is 0 Å². The van der Waals surface area contributed by atoms with Gasteiger partial charge in [0.05, 0.1) is 16.5 Å². The molecule has 1 aliphatic carbocycles. The number of benzene rings is 1. The van der Waals surface area contributed by atoms with Crippen LogP contribution in [0, 0.1) is 17.2 Å². The third-order valence-electron chi connectivity index (χ3n) is 4.55. The van der Waals surface area contributed by atoms with Crippen LogP contribution in [0.15, 0.2) is 30.3 Å². The molecule has 0 radical (unpaired) electrons. The number of hydrogen-bond acceptors (Lipinski definition) is 4. The fourth-order valence-electron chi connectivity index (χ4n) is 3.00. The minimum Gasteiger partial charge on any atom is -0.267 e. The van der Waals surface area contributed by atoms with Gasteiger partial charge in [-0.2, -0.15) is 5.26 Å². The average molecular weight is 353 g/mol. The van der Waals surface area contributed by atoms with Gasteiger partial charge in [0, 0.05) is 10.4 Å². The predicted molar refractivity (Wildman–Crippen MR) is 96.2 cm³/mol. The molecule has 6 heteroatoms. The summed E-state index contributed by atoms with van der Waals surface area (Å²) in [5, 5.41) is 8.76. The first-order valence-electron chi connectivity index (χ1n) is 8.33. The normalized spacial score (nSPS) is 15.8. The molecule has 0 saturated heterocycles. The summed E-state index contributed by atoms with van der Waals surface area (Å²) in [6.45, 7) is 2.20. The Balaban J connectivity index is 1.60. The van der Waals surface area contributed by atoms with E-state index in [1.807, 2.05) is 12.1 Å². The summed E-state index contributed by atoms with van der Waals surface area (Å²) in [6.07, 6.45) is 4.41. The Morgan fingerprint density at radius 3 is 2.64 bits per heavy atom. The fraction of sp³-hybridized carbons (Fsp3) is 0.316. The molecule has 1 aliphatic rings. The van der Waals surface area contributed by atoms with Crippen LogP contribution in [0.5, 0.6) is 0 Å². The van der Waals surface area contributed by atoms with E-state index in [1.54, 1.807) is 24.3 Å². The first-order valence-corrected chi connectivity index (χ1v) is 9.14. The smallest absolute Gasteiger partial charge is 0.267 e. The molecule has 0 bridgehead atoms. The van der Waals surface area contributed by atoms with Crippen LogP contribution in [-0.4, -0.2) is 11.8 Å². The van der Waals surface area contributed by atoms with Gasteiger partial charge in [-0.3, -0.25) is 20.4 Å². The number of hydrazine groups is 1. The molecule has 0 fully saturated rings. The van der Waals surface area contributed by atoms with Crippen LogP contribution in [0.3, 0.4) is 0 Å². The molecule has 2 N–H and O–H groups in total. The lowest BCUT2D eigenvalue weighted by Gasteiger charge is -2.19. The number of amides is 2. The van der Waals surface area contributed by atoms with Crippen LogP contribution in [0.25, 0.3) is 0 Å². The topological polar surface area (TPSA) is 82.0 Å². The molecule has 2 aromatic rings. The van der Waals surface area contributed by atoms with Crippen molar-refractivity contribution in [3.63, 3.8) is 0 Å². The van der Waals surface area contributed by atoms with Crippen molar-refractivity contribution in [3.8, 4) is 6.07 Å². The Bertz CT molecular complexity index is 833. The highest BCUT2D eigenvalue weighted by Gasteiger charge is 2.22. The lowest BCUT2D eigenvalue weighted by atomic mass is 9.87. The minimum absolute atomic E-state index is 0.297. The lowest BCUT2D eigenvalue weighted by molar-refractivity contribution is 0.0849. The largest absolute Gasteiger partial charge is 0.279 e. The second-order valence-electron chi connectivity index (χ2n) is 6.17. The summed E-state index contributed by atoms with van der Waals surface area (Å²) in [5.74, 6) is -0.00579. The number of aryl methyl sites for hydroxylation is 1. The zero-order chi connectivity index (χ0) is 17.8. The van der Waals surface area contributed by atoms with E-state index in [4.69, 9.17) is 5.26 Å². The second-order valence-corrected chi connectivity index (χ2v) is 7.31. The molecule has 2 amide bonds. The van der Waals surface area contributed by atoms with Gasteiger partial charge in [-0.25, -0.2) is 0 Å². The molecule has 0 aliphatic heterocycles. The number of fused-ring (bicyclic) bond motifs is 1. The molecule has 3 rings (SSSR count). The molecule has 0 spiro atoms. The Morgan fingerprint density at radius 2 is 1.96 bits per heavy atom. The zero-order valence-corrected chi connectivity index (χ0v) is 14.8. The Kier molecular flexibility index (Phi) is 5.15. The van der Waals surface area contributed by atoms with Crippen molar-refractivity contribution < 1.29 is 9.59 Å². The SMILES string of the molecule is CC[C@@H]1CCc2sc(C(=O)NNC(=O)c3ccc(C#N)cc3)cc2C1. The van der Waals surface area contributed by atoms with Crippen molar-refractivity contribution in [1.29, 1.82) is 5.26 Å². The number of carbonyl (C=O) groups excluding carboxylic acids is 2. The number of nitrogens with one attached hydrogen (secondary N) is 2. The van der Waals surface area contributed by atoms with Gasteiger partial charge in [0.1, 0.15) is 0 Å². The Morgan fingerprint density at radius 1 is 1.24 bits per heavy atom. The molecular weight excluding hydrogens is 334 g/mol. The molecule has 1 aromatic carbocycles. The van der Waals surface area contributed by atoms with Crippen LogP contribution < -0.4 is 10.9 Å². The van der Waals surface area contributed by atoms with Crippen molar-refractivity contribution in [2.75, 3.05) is 0 Å². The summed E-state index contributed by atoms with van der Waals surface area (Å²) in [7, 11) is 0. The van der Waals surface area contributed by atoms with Gasteiger partial charge < -0.3 is 0 Å². The van der Waals surface area contributed by atoms with E-state index >= 15 is 0 Å². The maximum absolute atomic E-state index is 12.3. The molecule has 1 aromatic heterocycles. The van der Waals surface area contributed by atoms with Crippen LogP contribution in [-0.2, 0) is 12.8 Å². The molecular formula is C19H19N3O2S. The first kappa shape index (κ1) is 17.2. The molecule has 0 unspecified atom stereocenters. The van der Waals surface area contributed by atoms with Crippen molar-refractivity contribution >= 4 is 23.2 Å². The summed E-state index contributed by atoms with van der Waals surface area (Å²) in [5.41, 5.74) is 7.02. The summed E-state index contributed by atoms with van der Waals surface area (Å²) < 4.78 is 0. The summed E-state index contributed by atoms with van der Waals surface area (Å²) in [4.78, 5) is 26.3. The van der Waals surface area contributed by atoms with Crippen LogP contribution in [0.2, 0.25) is 0 Å². The van der Waals surface area contributed by atoms with Crippen LogP contribution >= 0.6 is 11.3 Å². The maximum atomic E-state index is 12.3. The summed E-state index contributed by atoms with van der Waals surface area (Å²) >= 11 is 1.51. The Labute approximate surface area is 150 Å². The van der Waals surface area contributed by atoms with Gasteiger partial charge in [-0.15, -0.1) is 11.3 Å². The molecule has 0 saturated carbocycles. The molecule has 25 heavy (non-hydrogen) atoms. The van der Waals surface area contributed by atoms with E-state index < -0.39 is 5.91 Å². The number of hydrogen-bond donors (Lipinski definition) is 2. The first-order chi connectivity index (χ1) is 12.1. The highest BCUT2D eigenvalue weighted by Crippen LogP contribution is 2.33. The van der Waals surface area contributed by atoms with E-state index in [0.717, 1.165) is 19.3 Å². The van der Waals surface area contributed by atoms with Crippen molar-refractivity contribution in [1.82, 2.24) is 10.9 Å². The lowest BCUT2D eigenvalue weighted by Crippen LogP contribution is -2.41.